The van der Waals surface area contributed by atoms with Crippen molar-refractivity contribution in [2.45, 2.75) is 33.8 Å². The summed E-state index contributed by atoms with van der Waals surface area (Å²) in [4.78, 5) is 23.6. The number of ether oxygens (including phenoxy) is 2. The van der Waals surface area contributed by atoms with Gasteiger partial charge in [0.2, 0.25) is 0 Å². The first-order valence-corrected chi connectivity index (χ1v) is 7.64. The predicted octanol–water partition coefficient (Wildman–Crippen LogP) is 3.14. The summed E-state index contributed by atoms with van der Waals surface area (Å²) in [6, 6.07) is 9.52. The molecule has 0 saturated carbocycles. The molecule has 0 aliphatic rings. The van der Waals surface area contributed by atoms with Gasteiger partial charge < -0.3 is 14.8 Å². The van der Waals surface area contributed by atoms with E-state index < -0.39 is 6.09 Å². The maximum absolute atomic E-state index is 12.2. The summed E-state index contributed by atoms with van der Waals surface area (Å²) >= 11 is 0. The minimum Gasteiger partial charge on any atom is -0.461 e. The van der Waals surface area contributed by atoms with Gasteiger partial charge in [-0.2, -0.15) is 0 Å². The molecule has 122 valence electrons. The number of hydrogen-bond donors (Lipinski definition) is 1. The van der Waals surface area contributed by atoms with Gasteiger partial charge >= 0.3 is 12.1 Å². The summed E-state index contributed by atoms with van der Waals surface area (Å²) < 4.78 is 10.2. The van der Waals surface area contributed by atoms with E-state index in [-0.39, 0.29) is 25.0 Å². The van der Waals surface area contributed by atoms with E-state index in [2.05, 4.69) is 5.32 Å². The van der Waals surface area contributed by atoms with Crippen molar-refractivity contribution in [3.05, 3.63) is 35.9 Å². The fourth-order valence-electron chi connectivity index (χ4n) is 2.07. The maximum Gasteiger partial charge on any atom is 0.407 e. The number of alkyl carbamates (subject to hydrolysis) is 1. The summed E-state index contributed by atoms with van der Waals surface area (Å²) in [5, 5.41) is 2.61. The van der Waals surface area contributed by atoms with Gasteiger partial charge in [0.25, 0.3) is 0 Å². The Bertz CT molecular complexity index is 459. The lowest BCUT2D eigenvalue weighted by Crippen LogP contribution is -2.35. The fourth-order valence-corrected chi connectivity index (χ4v) is 2.07. The molecule has 0 saturated heterocycles. The number of rotatable bonds is 8. The quantitative estimate of drug-likeness (QED) is 0.749. The average molecular weight is 307 g/mol. The Balaban J connectivity index is 2.50. The molecule has 1 aromatic carbocycles. The minimum atomic E-state index is -0.507. The van der Waals surface area contributed by atoms with Crippen molar-refractivity contribution in [2.75, 3.05) is 13.2 Å². The van der Waals surface area contributed by atoms with Crippen LogP contribution in [-0.4, -0.2) is 25.2 Å². The van der Waals surface area contributed by atoms with E-state index in [1.807, 2.05) is 44.2 Å². The second-order valence-electron chi connectivity index (χ2n) is 5.52. The zero-order chi connectivity index (χ0) is 16.4. The van der Waals surface area contributed by atoms with Crippen molar-refractivity contribution in [2.24, 2.45) is 11.8 Å². The number of nitrogens with one attached hydrogen (secondary N) is 1. The lowest BCUT2D eigenvalue weighted by molar-refractivity contribution is -0.150. The predicted molar refractivity (Wildman–Crippen MR) is 84.2 cm³/mol. The van der Waals surface area contributed by atoms with Gasteiger partial charge in [-0.3, -0.25) is 4.79 Å². The first kappa shape index (κ1) is 18.0. The van der Waals surface area contributed by atoms with Crippen molar-refractivity contribution in [1.29, 1.82) is 0 Å². The lowest BCUT2D eigenvalue weighted by atomic mass is 9.97. The Morgan fingerprint density at radius 3 is 2.41 bits per heavy atom. The van der Waals surface area contributed by atoms with Gasteiger partial charge in [-0.1, -0.05) is 44.2 Å². The van der Waals surface area contributed by atoms with E-state index in [1.165, 1.54) is 0 Å². The third kappa shape index (κ3) is 7.11. The molecule has 0 radical (unpaired) electrons. The second kappa shape index (κ2) is 9.82. The number of hydrogen-bond acceptors (Lipinski definition) is 4. The normalized spacial score (nSPS) is 11.8. The summed E-state index contributed by atoms with van der Waals surface area (Å²) in [6.07, 6.45) is 0.146. The second-order valence-corrected chi connectivity index (χ2v) is 5.52. The van der Waals surface area contributed by atoms with Crippen LogP contribution in [-0.2, 0) is 20.9 Å². The van der Waals surface area contributed by atoms with Crippen molar-refractivity contribution in [3.8, 4) is 0 Å². The van der Waals surface area contributed by atoms with Gasteiger partial charge in [-0.25, -0.2) is 4.79 Å². The van der Waals surface area contributed by atoms with Crippen LogP contribution in [0.25, 0.3) is 0 Å². The first-order valence-electron chi connectivity index (χ1n) is 7.64. The highest BCUT2D eigenvalue weighted by atomic mass is 16.5. The molecule has 0 aliphatic heterocycles. The van der Waals surface area contributed by atoms with Gasteiger partial charge in [0.05, 0.1) is 12.5 Å². The van der Waals surface area contributed by atoms with Crippen molar-refractivity contribution < 1.29 is 19.1 Å². The third-order valence-electron chi connectivity index (χ3n) is 3.08. The van der Waals surface area contributed by atoms with Crippen LogP contribution in [0.2, 0.25) is 0 Å². The van der Waals surface area contributed by atoms with Gasteiger partial charge in [0.15, 0.2) is 0 Å². The molecule has 0 unspecified atom stereocenters. The molecule has 1 atom stereocenters. The van der Waals surface area contributed by atoms with E-state index >= 15 is 0 Å². The zero-order valence-electron chi connectivity index (χ0n) is 13.5. The van der Waals surface area contributed by atoms with Gasteiger partial charge in [0.1, 0.15) is 6.61 Å². The molecule has 1 amide bonds. The monoisotopic (exact) mass is 307 g/mol. The number of carbonyl (C=O) groups excluding carboxylic acids is 2. The number of esters is 1. The molecule has 0 fully saturated rings. The molecule has 1 rings (SSSR count). The largest absolute Gasteiger partial charge is 0.461 e. The Morgan fingerprint density at radius 2 is 1.82 bits per heavy atom. The van der Waals surface area contributed by atoms with E-state index in [0.717, 1.165) is 5.56 Å². The summed E-state index contributed by atoms with van der Waals surface area (Å²) in [5.74, 6) is -0.333. The molecule has 5 heteroatoms. The molecule has 0 bridgehead atoms. The number of carbonyl (C=O) groups is 2. The standard InChI is InChI=1S/C17H25NO4/c1-4-21-17(20)18-11-15(10-13(2)3)16(19)22-12-14-8-6-5-7-9-14/h5-9,13,15H,4,10-12H2,1-3H3,(H,18,20)/t15-/m1/s1. The van der Waals surface area contributed by atoms with Crippen LogP contribution in [0.4, 0.5) is 4.79 Å². The Hall–Kier alpha value is -2.04. The van der Waals surface area contributed by atoms with Crippen LogP contribution in [0, 0.1) is 11.8 Å². The topological polar surface area (TPSA) is 64.6 Å². The lowest BCUT2D eigenvalue weighted by Gasteiger charge is -2.18. The van der Waals surface area contributed by atoms with Gasteiger partial charge in [0, 0.05) is 6.54 Å². The number of benzene rings is 1. The van der Waals surface area contributed by atoms with Crippen molar-refractivity contribution in [1.82, 2.24) is 5.32 Å². The van der Waals surface area contributed by atoms with Gasteiger partial charge in [-0.05, 0) is 24.8 Å². The molecule has 5 nitrogen and oxygen atoms in total. The van der Waals surface area contributed by atoms with Crippen molar-refractivity contribution in [3.63, 3.8) is 0 Å². The molecule has 1 N–H and O–H groups in total. The first-order chi connectivity index (χ1) is 10.5. The highest BCUT2D eigenvalue weighted by molar-refractivity contribution is 5.74. The van der Waals surface area contributed by atoms with E-state index in [4.69, 9.17) is 9.47 Å². The minimum absolute atomic E-state index is 0.227. The van der Waals surface area contributed by atoms with Gasteiger partial charge in [-0.15, -0.1) is 0 Å². The van der Waals surface area contributed by atoms with E-state index in [9.17, 15) is 9.59 Å². The maximum atomic E-state index is 12.2. The smallest absolute Gasteiger partial charge is 0.407 e. The Kier molecular flexibility index (Phi) is 8.04. The SMILES string of the molecule is CCOC(=O)NC[C@@H](CC(C)C)C(=O)OCc1ccccc1. The molecule has 0 aromatic heterocycles. The van der Waals surface area contributed by atoms with Crippen LogP contribution in [0.5, 0.6) is 0 Å². The van der Waals surface area contributed by atoms with E-state index in [0.29, 0.717) is 18.9 Å². The summed E-state index contributed by atoms with van der Waals surface area (Å²) in [7, 11) is 0. The molecular weight excluding hydrogens is 282 g/mol. The molecule has 22 heavy (non-hydrogen) atoms. The molecular formula is C17H25NO4. The van der Waals surface area contributed by atoms with Crippen molar-refractivity contribution >= 4 is 12.1 Å². The highest BCUT2D eigenvalue weighted by Crippen LogP contribution is 2.14. The molecule has 0 heterocycles. The third-order valence-corrected chi connectivity index (χ3v) is 3.08. The molecule has 0 aliphatic carbocycles. The Morgan fingerprint density at radius 1 is 1.14 bits per heavy atom. The highest BCUT2D eigenvalue weighted by Gasteiger charge is 2.22. The molecule has 0 spiro atoms. The Labute approximate surface area is 132 Å². The summed E-state index contributed by atoms with van der Waals surface area (Å²) in [5.41, 5.74) is 0.942. The van der Waals surface area contributed by atoms with Crippen LogP contribution in [0.1, 0.15) is 32.8 Å². The average Bonchev–Trinajstić information content (AvgIpc) is 2.50. The van der Waals surface area contributed by atoms with Crippen LogP contribution < -0.4 is 5.32 Å². The fraction of sp³-hybridized carbons (Fsp3) is 0.529. The zero-order valence-corrected chi connectivity index (χ0v) is 13.5. The summed E-state index contributed by atoms with van der Waals surface area (Å²) in [6.45, 7) is 6.57. The van der Waals surface area contributed by atoms with Crippen LogP contribution in [0.3, 0.4) is 0 Å². The molecule has 1 aromatic rings. The number of amides is 1. The van der Waals surface area contributed by atoms with Crippen LogP contribution in [0.15, 0.2) is 30.3 Å². The van der Waals surface area contributed by atoms with E-state index in [1.54, 1.807) is 6.92 Å². The van der Waals surface area contributed by atoms with Crippen LogP contribution >= 0.6 is 0 Å².